The SMILES string of the molecule is Cc1ccc(S(=O)(=O)N(C)CC(=O)Nc2ccc(OCc3ccccc3)nc2)cc1C. The van der Waals surface area contributed by atoms with Gasteiger partial charge in [-0.15, -0.1) is 0 Å². The summed E-state index contributed by atoms with van der Waals surface area (Å²) in [6.45, 7) is 3.83. The van der Waals surface area contributed by atoms with Crippen molar-refractivity contribution < 1.29 is 17.9 Å². The number of ether oxygens (including phenoxy) is 1. The fraction of sp³-hybridized carbons (Fsp3) is 0.217. The molecule has 3 rings (SSSR count). The van der Waals surface area contributed by atoms with Gasteiger partial charge in [0.2, 0.25) is 21.8 Å². The molecule has 0 unspecified atom stereocenters. The predicted molar refractivity (Wildman–Crippen MR) is 119 cm³/mol. The summed E-state index contributed by atoms with van der Waals surface area (Å²) in [7, 11) is -2.39. The number of aromatic nitrogens is 1. The van der Waals surface area contributed by atoms with Crippen molar-refractivity contribution in [3.63, 3.8) is 0 Å². The topological polar surface area (TPSA) is 88.6 Å². The number of amides is 1. The molecular formula is C23H25N3O4S. The Morgan fingerprint density at radius 2 is 1.77 bits per heavy atom. The predicted octanol–water partition coefficient (Wildman–Crippen LogP) is 3.54. The molecule has 0 bridgehead atoms. The number of aryl methyl sites for hydroxylation is 2. The van der Waals surface area contributed by atoms with E-state index in [9.17, 15) is 13.2 Å². The van der Waals surface area contributed by atoms with E-state index >= 15 is 0 Å². The molecule has 0 atom stereocenters. The van der Waals surface area contributed by atoms with Gasteiger partial charge in [-0.25, -0.2) is 13.4 Å². The molecule has 0 saturated carbocycles. The van der Waals surface area contributed by atoms with E-state index in [1.165, 1.54) is 13.2 Å². The van der Waals surface area contributed by atoms with Gasteiger partial charge in [-0.05, 0) is 48.7 Å². The molecule has 1 N–H and O–H groups in total. The van der Waals surface area contributed by atoms with E-state index in [4.69, 9.17) is 4.74 Å². The molecule has 0 spiro atoms. The summed E-state index contributed by atoms with van der Waals surface area (Å²) < 4.78 is 32.1. The molecule has 1 aromatic heterocycles. The molecular weight excluding hydrogens is 414 g/mol. The number of carbonyl (C=O) groups excluding carboxylic acids is 1. The van der Waals surface area contributed by atoms with Crippen LogP contribution < -0.4 is 10.1 Å². The lowest BCUT2D eigenvalue weighted by Gasteiger charge is -2.17. The molecule has 31 heavy (non-hydrogen) atoms. The van der Waals surface area contributed by atoms with Crippen LogP contribution in [0.1, 0.15) is 16.7 Å². The van der Waals surface area contributed by atoms with Gasteiger partial charge in [-0.1, -0.05) is 36.4 Å². The lowest BCUT2D eigenvalue weighted by atomic mass is 10.1. The van der Waals surface area contributed by atoms with Crippen molar-refractivity contribution in [1.82, 2.24) is 9.29 Å². The smallest absolute Gasteiger partial charge is 0.243 e. The summed E-state index contributed by atoms with van der Waals surface area (Å²) >= 11 is 0. The van der Waals surface area contributed by atoms with Gasteiger partial charge < -0.3 is 10.1 Å². The summed E-state index contributed by atoms with van der Waals surface area (Å²) in [5.74, 6) is -0.0362. The molecule has 3 aromatic rings. The van der Waals surface area contributed by atoms with Gasteiger partial charge in [0, 0.05) is 13.1 Å². The van der Waals surface area contributed by atoms with Crippen molar-refractivity contribution in [1.29, 1.82) is 0 Å². The summed E-state index contributed by atoms with van der Waals surface area (Å²) in [5.41, 5.74) is 3.35. The number of likely N-dealkylation sites (N-methyl/N-ethyl adjacent to an activating group) is 1. The van der Waals surface area contributed by atoms with E-state index in [1.807, 2.05) is 44.2 Å². The second-order valence-corrected chi connectivity index (χ2v) is 9.26. The highest BCUT2D eigenvalue weighted by atomic mass is 32.2. The third-order valence-corrected chi connectivity index (χ3v) is 6.60. The van der Waals surface area contributed by atoms with Crippen molar-refractivity contribution in [3.05, 3.63) is 83.6 Å². The van der Waals surface area contributed by atoms with Gasteiger partial charge >= 0.3 is 0 Å². The molecule has 0 radical (unpaired) electrons. The standard InChI is InChI=1S/C23H25N3O4S/c1-17-9-11-21(13-18(17)2)31(28,29)26(3)15-22(27)25-20-10-12-23(24-14-20)30-16-19-7-5-4-6-8-19/h4-14H,15-16H2,1-3H3,(H,25,27). The number of hydrogen-bond acceptors (Lipinski definition) is 5. The second-order valence-electron chi connectivity index (χ2n) is 7.21. The number of hydrogen-bond donors (Lipinski definition) is 1. The maximum atomic E-state index is 12.7. The van der Waals surface area contributed by atoms with E-state index in [0.717, 1.165) is 21.0 Å². The lowest BCUT2D eigenvalue weighted by molar-refractivity contribution is -0.116. The molecule has 0 aliphatic heterocycles. The highest BCUT2D eigenvalue weighted by Crippen LogP contribution is 2.18. The number of rotatable bonds is 8. The molecule has 0 aliphatic carbocycles. The third kappa shape index (κ3) is 5.90. The Bertz CT molecular complexity index is 1150. The lowest BCUT2D eigenvalue weighted by Crippen LogP contribution is -2.35. The van der Waals surface area contributed by atoms with E-state index in [0.29, 0.717) is 18.2 Å². The molecule has 0 aliphatic rings. The van der Waals surface area contributed by atoms with Crippen LogP contribution in [0.3, 0.4) is 0 Å². The summed E-state index contributed by atoms with van der Waals surface area (Å²) in [4.78, 5) is 16.7. The average Bonchev–Trinajstić information content (AvgIpc) is 2.75. The van der Waals surface area contributed by atoms with Crippen molar-refractivity contribution in [3.8, 4) is 5.88 Å². The number of nitrogens with zero attached hydrogens (tertiary/aromatic N) is 2. The maximum absolute atomic E-state index is 12.7. The summed E-state index contributed by atoms with van der Waals surface area (Å²) in [6, 6.07) is 17.9. The van der Waals surface area contributed by atoms with Crippen LogP contribution in [0.5, 0.6) is 5.88 Å². The normalized spacial score (nSPS) is 11.4. The first-order valence-corrected chi connectivity index (χ1v) is 11.2. The molecule has 8 heteroatoms. The van der Waals surface area contributed by atoms with E-state index in [1.54, 1.807) is 30.3 Å². The van der Waals surface area contributed by atoms with Crippen LogP contribution in [0, 0.1) is 13.8 Å². The summed E-state index contributed by atoms with van der Waals surface area (Å²) in [5, 5.41) is 2.65. The maximum Gasteiger partial charge on any atom is 0.243 e. The zero-order chi connectivity index (χ0) is 22.4. The number of carbonyl (C=O) groups is 1. The molecule has 2 aromatic carbocycles. The van der Waals surface area contributed by atoms with Crippen molar-refractivity contribution >= 4 is 21.6 Å². The van der Waals surface area contributed by atoms with Crippen LogP contribution in [0.2, 0.25) is 0 Å². The minimum absolute atomic E-state index is 0.160. The fourth-order valence-electron chi connectivity index (χ4n) is 2.81. The third-order valence-electron chi connectivity index (χ3n) is 4.80. The Morgan fingerprint density at radius 1 is 1.03 bits per heavy atom. The molecule has 162 valence electrons. The van der Waals surface area contributed by atoms with Gasteiger partial charge in [0.25, 0.3) is 0 Å². The van der Waals surface area contributed by atoms with Crippen molar-refractivity contribution in [2.75, 3.05) is 18.9 Å². The minimum Gasteiger partial charge on any atom is -0.473 e. The van der Waals surface area contributed by atoms with Gasteiger partial charge in [-0.3, -0.25) is 4.79 Å². The molecule has 0 fully saturated rings. The largest absolute Gasteiger partial charge is 0.473 e. The Hall–Kier alpha value is -3.23. The highest BCUT2D eigenvalue weighted by molar-refractivity contribution is 7.89. The van der Waals surface area contributed by atoms with Gasteiger partial charge in [0.1, 0.15) is 6.61 Å². The Labute approximate surface area is 182 Å². The first kappa shape index (κ1) is 22.5. The number of anilines is 1. The van der Waals surface area contributed by atoms with Gasteiger partial charge in [-0.2, -0.15) is 4.31 Å². The Morgan fingerprint density at radius 3 is 2.42 bits per heavy atom. The van der Waals surface area contributed by atoms with Crippen LogP contribution in [0.15, 0.2) is 71.8 Å². The van der Waals surface area contributed by atoms with Crippen LogP contribution >= 0.6 is 0 Å². The molecule has 7 nitrogen and oxygen atoms in total. The Balaban J connectivity index is 1.56. The second kappa shape index (κ2) is 9.72. The zero-order valence-electron chi connectivity index (χ0n) is 17.7. The van der Waals surface area contributed by atoms with E-state index < -0.39 is 15.9 Å². The molecule has 0 saturated heterocycles. The first-order valence-electron chi connectivity index (χ1n) is 9.72. The summed E-state index contributed by atoms with van der Waals surface area (Å²) in [6.07, 6.45) is 1.47. The highest BCUT2D eigenvalue weighted by Gasteiger charge is 2.23. The number of nitrogens with one attached hydrogen (secondary N) is 1. The molecule has 1 amide bonds. The molecule has 1 heterocycles. The number of sulfonamides is 1. The van der Waals surface area contributed by atoms with Crippen LogP contribution in [-0.2, 0) is 21.4 Å². The fourth-order valence-corrected chi connectivity index (χ4v) is 4.03. The van der Waals surface area contributed by atoms with E-state index in [-0.39, 0.29) is 11.4 Å². The number of benzene rings is 2. The van der Waals surface area contributed by atoms with Gasteiger partial charge in [0.05, 0.1) is 23.3 Å². The van der Waals surface area contributed by atoms with Crippen LogP contribution in [0.4, 0.5) is 5.69 Å². The van der Waals surface area contributed by atoms with E-state index in [2.05, 4.69) is 10.3 Å². The van der Waals surface area contributed by atoms with Crippen LogP contribution in [0.25, 0.3) is 0 Å². The monoisotopic (exact) mass is 439 g/mol. The van der Waals surface area contributed by atoms with Crippen LogP contribution in [-0.4, -0.2) is 37.2 Å². The van der Waals surface area contributed by atoms with Crippen molar-refractivity contribution in [2.45, 2.75) is 25.3 Å². The van der Waals surface area contributed by atoms with Gasteiger partial charge in [0.15, 0.2) is 0 Å². The zero-order valence-corrected chi connectivity index (χ0v) is 18.5. The Kier molecular flexibility index (Phi) is 7.04. The quantitative estimate of drug-likeness (QED) is 0.580. The van der Waals surface area contributed by atoms with Crippen molar-refractivity contribution in [2.24, 2.45) is 0 Å². The first-order chi connectivity index (χ1) is 14.8. The minimum atomic E-state index is -3.77. The number of pyridine rings is 1. The average molecular weight is 440 g/mol.